The van der Waals surface area contributed by atoms with E-state index < -0.39 is 18.2 Å². The molecule has 38 heavy (non-hydrogen) atoms. The molecule has 3 atom stereocenters. The third-order valence-corrected chi connectivity index (χ3v) is 7.46. The summed E-state index contributed by atoms with van der Waals surface area (Å²) in [6, 6.07) is 23.9. The SMILES string of the molecule is CC(C)C(C(=O)N1C[C@H](O)C[C@H]1C(=O)NCc1ccc(-c2ccccc2)cc1)N1Cc2ccccc2C1=O. The normalized spacial score (nSPS) is 19.5. The lowest BCUT2D eigenvalue weighted by Gasteiger charge is -2.35. The van der Waals surface area contributed by atoms with Gasteiger partial charge in [0.2, 0.25) is 11.8 Å². The number of β-amino-alcohol motifs (C(OH)–C–C–N with tert-alkyl or cyclic N) is 1. The molecule has 0 aliphatic carbocycles. The Labute approximate surface area is 223 Å². The van der Waals surface area contributed by atoms with Crippen LogP contribution in [-0.4, -0.2) is 57.4 Å². The van der Waals surface area contributed by atoms with Gasteiger partial charge in [-0.25, -0.2) is 0 Å². The molecule has 3 aromatic rings. The van der Waals surface area contributed by atoms with Crippen molar-refractivity contribution in [3.05, 3.63) is 95.6 Å². The van der Waals surface area contributed by atoms with Gasteiger partial charge in [-0.2, -0.15) is 0 Å². The van der Waals surface area contributed by atoms with Crippen LogP contribution in [0.3, 0.4) is 0 Å². The Hall–Kier alpha value is -3.97. The second-order valence-electron chi connectivity index (χ2n) is 10.5. The minimum Gasteiger partial charge on any atom is -0.391 e. The number of carbonyl (C=O) groups is 3. The van der Waals surface area contributed by atoms with E-state index in [1.807, 2.05) is 86.6 Å². The monoisotopic (exact) mass is 511 g/mol. The number of amides is 3. The van der Waals surface area contributed by atoms with Gasteiger partial charge in [-0.1, -0.05) is 86.6 Å². The van der Waals surface area contributed by atoms with Crippen LogP contribution in [-0.2, 0) is 22.7 Å². The molecule has 1 saturated heterocycles. The largest absolute Gasteiger partial charge is 0.391 e. The Morgan fingerprint density at radius 3 is 2.29 bits per heavy atom. The Morgan fingerprint density at radius 2 is 1.61 bits per heavy atom. The first-order valence-corrected chi connectivity index (χ1v) is 13.1. The average molecular weight is 512 g/mol. The van der Waals surface area contributed by atoms with Gasteiger partial charge in [0.15, 0.2) is 0 Å². The third-order valence-electron chi connectivity index (χ3n) is 7.46. The number of nitrogens with zero attached hydrogens (tertiary/aromatic N) is 2. The van der Waals surface area contributed by atoms with Crippen LogP contribution in [0.2, 0.25) is 0 Å². The molecule has 196 valence electrons. The van der Waals surface area contributed by atoms with Crippen molar-refractivity contribution in [3.8, 4) is 11.1 Å². The summed E-state index contributed by atoms with van der Waals surface area (Å²) in [6.07, 6.45) is -0.622. The van der Waals surface area contributed by atoms with Crippen molar-refractivity contribution in [1.82, 2.24) is 15.1 Å². The predicted octanol–water partition coefficient (Wildman–Crippen LogP) is 3.61. The summed E-state index contributed by atoms with van der Waals surface area (Å²) in [6.45, 7) is 4.55. The summed E-state index contributed by atoms with van der Waals surface area (Å²) in [5, 5.41) is 13.4. The number of hydrogen-bond acceptors (Lipinski definition) is 4. The van der Waals surface area contributed by atoms with Gasteiger partial charge in [0.05, 0.1) is 6.10 Å². The zero-order valence-electron chi connectivity index (χ0n) is 21.7. The topological polar surface area (TPSA) is 89.9 Å². The first-order valence-electron chi connectivity index (χ1n) is 13.1. The molecule has 0 saturated carbocycles. The van der Waals surface area contributed by atoms with Crippen molar-refractivity contribution in [1.29, 1.82) is 0 Å². The first kappa shape index (κ1) is 25.7. The van der Waals surface area contributed by atoms with Crippen molar-refractivity contribution in [3.63, 3.8) is 0 Å². The molecule has 0 bridgehead atoms. The first-order chi connectivity index (χ1) is 18.3. The molecule has 2 N–H and O–H groups in total. The fourth-order valence-corrected chi connectivity index (χ4v) is 5.51. The summed E-state index contributed by atoms with van der Waals surface area (Å²) in [5.41, 5.74) is 4.66. The average Bonchev–Trinajstić information content (AvgIpc) is 3.48. The van der Waals surface area contributed by atoms with Crippen LogP contribution in [0.4, 0.5) is 0 Å². The highest BCUT2D eigenvalue weighted by atomic mass is 16.3. The minimum absolute atomic E-state index is 0.0703. The van der Waals surface area contributed by atoms with Gasteiger partial charge >= 0.3 is 0 Å². The van der Waals surface area contributed by atoms with Crippen molar-refractivity contribution in [2.24, 2.45) is 5.92 Å². The lowest BCUT2D eigenvalue weighted by molar-refractivity contribution is -0.143. The van der Waals surface area contributed by atoms with E-state index in [0.29, 0.717) is 18.7 Å². The predicted molar refractivity (Wildman–Crippen MR) is 145 cm³/mol. The van der Waals surface area contributed by atoms with Crippen LogP contribution in [0.5, 0.6) is 0 Å². The van der Waals surface area contributed by atoms with Crippen LogP contribution >= 0.6 is 0 Å². The maximum absolute atomic E-state index is 13.8. The molecule has 0 aromatic heterocycles. The van der Waals surface area contributed by atoms with Gasteiger partial charge in [-0.3, -0.25) is 14.4 Å². The molecular formula is C31H33N3O4. The van der Waals surface area contributed by atoms with Crippen molar-refractivity contribution < 1.29 is 19.5 Å². The molecule has 3 amide bonds. The highest BCUT2D eigenvalue weighted by Crippen LogP contribution is 2.30. The minimum atomic E-state index is -0.792. The van der Waals surface area contributed by atoms with E-state index in [0.717, 1.165) is 22.3 Å². The maximum atomic E-state index is 13.8. The van der Waals surface area contributed by atoms with Gasteiger partial charge in [-0.05, 0) is 34.2 Å². The van der Waals surface area contributed by atoms with Gasteiger partial charge in [-0.15, -0.1) is 0 Å². The molecule has 2 aliphatic heterocycles. The number of likely N-dealkylation sites (tertiary alicyclic amines) is 1. The number of aliphatic hydroxyl groups is 1. The quantitative estimate of drug-likeness (QED) is 0.507. The lowest BCUT2D eigenvalue weighted by atomic mass is 10.0. The molecule has 7 heteroatoms. The zero-order valence-corrected chi connectivity index (χ0v) is 21.7. The molecule has 0 spiro atoms. The van der Waals surface area contributed by atoms with E-state index in [9.17, 15) is 19.5 Å². The summed E-state index contributed by atoms with van der Waals surface area (Å²) >= 11 is 0. The van der Waals surface area contributed by atoms with Gasteiger partial charge in [0, 0.05) is 31.6 Å². The number of hydrogen-bond donors (Lipinski definition) is 2. The molecule has 1 unspecified atom stereocenters. The van der Waals surface area contributed by atoms with Crippen LogP contribution in [0.1, 0.15) is 41.8 Å². The molecular weight excluding hydrogens is 478 g/mol. The van der Waals surface area contributed by atoms with Gasteiger partial charge < -0.3 is 20.2 Å². The molecule has 2 aliphatic rings. The number of benzene rings is 3. The fraction of sp³-hybridized carbons (Fsp3) is 0.323. The van der Waals surface area contributed by atoms with Gasteiger partial charge in [0.1, 0.15) is 12.1 Å². The smallest absolute Gasteiger partial charge is 0.255 e. The summed E-state index contributed by atoms with van der Waals surface area (Å²) in [5.74, 6) is -0.941. The second kappa shape index (κ2) is 10.8. The Morgan fingerprint density at radius 1 is 0.947 bits per heavy atom. The molecule has 1 fully saturated rings. The van der Waals surface area contributed by atoms with Crippen LogP contribution < -0.4 is 5.32 Å². The van der Waals surface area contributed by atoms with E-state index in [4.69, 9.17) is 0 Å². The second-order valence-corrected chi connectivity index (χ2v) is 10.5. The van der Waals surface area contributed by atoms with Crippen molar-refractivity contribution in [2.45, 2.75) is 51.5 Å². The zero-order chi connectivity index (χ0) is 26.8. The molecule has 7 nitrogen and oxygen atoms in total. The highest BCUT2D eigenvalue weighted by Gasteiger charge is 2.45. The number of aliphatic hydroxyl groups excluding tert-OH is 1. The van der Waals surface area contributed by atoms with E-state index in [1.165, 1.54) is 4.90 Å². The number of fused-ring (bicyclic) bond motifs is 1. The Bertz CT molecular complexity index is 1320. The van der Waals surface area contributed by atoms with E-state index >= 15 is 0 Å². The van der Waals surface area contributed by atoms with Crippen LogP contribution in [0.15, 0.2) is 78.9 Å². The van der Waals surface area contributed by atoms with E-state index in [2.05, 4.69) is 5.32 Å². The highest BCUT2D eigenvalue weighted by molar-refractivity contribution is 6.01. The van der Waals surface area contributed by atoms with Crippen LogP contribution in [0, 0.1) is 5.92 Å². The van der Waals surface area contributed by atoms with Crippen molar-refractivity contribution >= 4 is 17.7 Å². The van der Waals surface area contributed by atoms with Crippen molar-refractivity contribution in [2.75, 3.05) is 6.54 Å². The fourth-order valence-electron chi connectivity index (χ4n) is 5.51. The summed E-state index contributed by atoms with van der Waals surface area (Å²) in [7, 11) is 0. The number of nitrogens with one attached hydrogen (secondary N) is 1. The lowest BCUT2D eigenvalue weighted by Crippen LogP contribution is -2.55. The van der Waals surface area contributed by atoms with Crippen LogP contribution in [0.25, 0.3) is 11.1 Å². The van der Waals surface area contributed by atoms with E-state index in [1.54, 1.807) is 11.0 Å². The summed E-state index contributed by atoms with van der Waals surface area (Å²) < 4.78 is 0. The number of carbonyl (C=O) groups excluding carboxylic acids is 3. The van der Waals surface area contributed by atoms with E-state index in [-0.39, 0.29) is 36.6 Å². The summed E-state index contributed by atoms with van der Waals surface area (Å²) in [4.78, 5) is 43.2. The molecule has 3 aromatic carbocycles. The Kier molecular flexibility index (Phi) is 7.29. The maximum Gasteiger partial charge on any atom is 0.255 e. The molecule has 5 rings (SSSR count). The standard InChI is InChI=1S/C31H33N3O4/c1-20(2)28(34-18-24-10-6-7-11-26(24)30(34)37)31(38)33-19-25(35)16-27(33)29(36)32-17-21-12-14-23(15-13-21)22-8-4-3-5-9-22/h3-15,20,25,27-28,35H,16-19H2,1-2H3,(H,32,36)/t25-,27+,28?/m1/s1. The molecule has 2 heterocycles. The Balaban J connectivity index is 1.27. The number of rotatable bonds is 7. The van der Waals surface area contributed by atoms with Gasteiger partial charge in [0.25, 0.3) is 5.91 Å². The third kappa shape index (κ3) is 5.07. The molecule has 0 radical (unpaired) electrons.